The molecule has 30 heavy (non-hydrogen) atoms. The van der Waals surface area contributed by atoms with E-state index in [-0.39, 0.29) is 23.0 Å². The first-order valence-corrected chi connectivity index (χ1v) is 11.1. The first-order chi connectivity index (χ1) is 14.1. The number of carbonyl (C=O) groups is 2. The van der Waals surface area contributed by atoms with Crippen molar-refractivity contribution in [2.24, 2.45) is 0 Å². The molecule has 8 nitrogen and oxygen atoms in total. The quantitative estimate of drug-likeness (QED) is 0.478. The minimum Gasteiger partial charge on any atom is -0.376 e. The van der Waals surface area contributed by atoms with Crippen LogP contribution in [0.2, 0.25) is 0 Å². The molecule has 1 unspecified atom stereocenters. The van der Waals surface area contributed by atoms with Gasteiger partial charge in [0.2, 0.25) is 10.0 Å². The summed E-state index contributed by atoms with van der Waals surface area (Å²) in [4.78, 5) is 24.2. The number of sulfonamides is 1. The average molecular weight is 433 g/mol. The van der Waals surface area contributed by atoms with E-state index >= 15 is 0 Å². The normalized spacial score (nSPS) is 12.1. The number of anilines is 1. The van der Waals surface area contributed by atoms with Crippen molar-refractivity contribution in [1.82, 2.24) is 15.6 Å². The summed E-state index contributed by atoms with van der Waals surface area (Å²) in [6, 6.07) is 11.1. The SMILES string of the molecule is CCC(C)NS(=O)(=O)c1ccc(C(=O)NNC(=O)CNc2ccc(C)cc2C)cc1. The van der Waals surface area contributed by atoms with E-state index in [2.05, 4.69) is 20.9 Å². The maximum Gasteiger partial charge on any atom is 0.269 e. The Morgan fingerprint density at radius 2 is 1.67 bits per heavy atom. The summed E-state index contributed by atoms with van der Waals surface area (Å²) in [5.74, 6) is -0.964. The van der Waals surface area contributed by atoms with Gasteiger partial charge in [0.15, 0.2) is 0 Å². The standard InChI is InChI=1S/C21H28N4O4S/c1-5-16(4)25-30(28,29)18-9-7-17(8-10-18)21(27)24-23-20(26)13-22-19-11-6-14(2)12-15(19)3/h6-12,16,22,25H,5,13H2,1-4H3,(H,23,26)(H,24,27). The van der Waals surface area contributed by atoms with E-state index in [0.29, 0.717) is 6.42 Å². The Labute approximate surface area is 177 Å². The highest BCUT2D eigenvalue weighted by atomic mass is 32.2. The predicted octanol–water partition coefficient (Wildman–Crippen LogP) is 2.25. The minimum absolute atomic E-state index is 0.0113. The maximum atomic E-state index is 12.3. The zero-order chi connectivity index (χ0) is 22.3. The van der Waals surface area contributed by atoms with Gasteiger partial charge in [0, 0.05) is 17.3 Å². The number of hydrazine groups is 1. The molecule has 0 saturated carbocycles. The van der Waals surface area contributed by atoms with Gasteiger partial charge < -0.3 is 5.32 Å². The van der Waals surface area contributed by atoms with Gasteiger partial charge in [-0.3, -0.25) is 20.4 Å². The van der Waals surface area contributed by atoms with E-state index in [0.717, 1.165) is 16.8 Å². The van der Waals surface area contributed by atoms with Gasteiger partial charge in [0.25, 0.3) is 11.8 Å². The molecule has 0 aliphatic heterocycles. The lowest BCUT2D eigenvalue weighted by molar-refractivity contribution is -0.120. The van der Waals surface area contributed by atoms with Crippen LogP contribution in [0.15, 0.2) is 47.4 Å². The molecule has 0 bridgehead atoms. The van der Waals surface area contributed by atoms with Crippen LogP contribution in [0.1, 0.15) is 41.8 Å². The van der Waals surface area contributed by atoms with Gasteiger partial charge in [-0.15, -0.1) is 0 Å². The van der Waals surface area contributed by atoms with E-state index in [1.807, 2.05) is 39.0 Å². The highest BCUT2D eigenvalue weighted by molar-refractivity contribution is 7.89. The number of nitrogens with one attached hydrogen (secondary N) is 4. The van der Waals surface area contributed by atoms with Crippen molar-refractivity contribution < 1.29 is 18.0 Å². The van der Waals surface area contributed by atoms with Crippen molar-refractivity contribution in [3.05, 3.63) is 59.2 Å². The molecular weight excluding hydrogens is 404 g/mol. The zero-order valence-electron chi connectivity index (χ0n) is 17.6. The fourth-order valence-electron chi connectivity index (χ4n) is 2.63. The first-order valence-electron chi connectivity index (χ1n) is 9.65. The summed E-state index contributed by atoms with van der Waals surface area (Å²) in [5.41, 5.74) is 7.85. The van der Waals surface area contributed by atoms with Crippen LogP contribution in [-0.4, -0.2) is 32.8 Å². The lowest BCUT2D eigenvalue weighted by Gasteiger charge is -2.13. The third-order valence-electron chi connectivity index (χ3n) is 4.53. The topological polar surface area (TPSA) is 116 Å². The first kappa shape index (κ1) is 23.4. The summed E-state index contributed by atoms with van der Waals surface area (Å²) in [7, 11) is -3.64. The molecule has 2 amide bonds. The van der Waals surface area contributed by atoms with E-state index < -0.39 is 21.8 Å². The van der Waals surface area contributed by atoms with Crippen LogP contribution in [0.5, 0.6) is 0 Å². The lowest BCUT2D eigenvalue weighted by Crippen LogP contribution is -2.44. The molecule has 0 saturated heterocycles. The second-order valence-corrected chi connectivity index (χ2v) is 8.84. The van der Waals surface area contributed by atoms with E-state index in [4.69, 9.17) is 0 Å². The molecule has 0 radical (unpaired) electrons. The number of aryl methyl sites for hydroxylation is 2. The van der Waals surface area contributed by atoms with Gasteiger partial charge in [-0.2, -0.15) is 0 Å². The fraction of sp³-hybridized carbons (Fsp3) is 0.333. The summed E-state index contributed by atoms with van der Waals surface area (Å²) < 4.78 is 27.1. The molecule has 0 aromatic heterocycles. The Bertz CT molecular complexity index is 1000. The molecule has 0 aliphatic carbocycles. The van der Waals surface area contributed by atoms with E-state index in [1.165, 1.54) is 24.3 Å². The molecule has 162 valence electrons. The largest absolute Gasteiger partial charge is 0.376 e. The summed E-state index contributed by atoms with van der Waals surface area (Å²) in [5, 5.41) is 3.01. The molecule has 0 spiro atoms. The molecule has 2 rings (SSSR count). The molecule has 1 atom stereocenters. The summed E-state index contributed by atoms with van der Waals surface area (Å²) in [6.07, 6.45) is 0.664. The van der Waals surface area contributed by atoms with Crippen LogP contribution in [0.25, 0.3) is 0 Å². The second-order valence-electron chi connectivity index (χ2n) is 7.13. The van der Waals surface area contributed by atoms with Gasteiger partial charge in [0.05, 0.1) is 11.4 Å². The van der Waals surface area contributed by atoms with Crippen LogP contribution in [0.4, 0.5) is 5.69 Å². The number of rotatable bonds is 8. The van der Waals surface area contributed by atoms with E-state index in [9.17, 15) is 18.0 Å². The maximum absolute atomic E-state index is 12.3. The highest BCUT2D eigenvalue weighted by Crippen LogP contribution is 2.15. The molecule has 9 heteroatoms. The highest BCUT2D eigenvalue weighted by Gasteiger charge is 2.17. The van der Waals surface area contributed by atoms with Gasteiger partial charge in [-0.1, -0.05) is 24.6 Å². The van der Waals surface area contributed by atoms with Crippen LogP contribution < -0.4 is 20.9 Å². The van der Waals surface area contributed by atoms with Crippen LogP contribution in [-0.2, 0) is 14.8 Å². The number of amides is 2. The minimum atomic E-state index is -3.64. The Hall–Kier alpha value is -2.91. The predicted molar refractivity (Wildman–Crippen MR) is 117 cm³/mol. The van der Waals surface area contributed by atoms with Gasteiger partial charge in [0.1, 0.15) is 0 Å². The summed E-state index contributed by atoms with van der Waals surface area (Å²) in [6.45, 7) is 7.58. The molecule has 0 fully saturated rings. The van der Waals surface area contributed by atoms with Crippen molar-refractivity contribution in [3.63, 3.8) is 0 Å². The van der Waals surface area contributed by atoms with Gasteiger partial charge in [-0.25, -0.2) is 13.1 Å². The Kier molecular flexibility index (Phi) is 7.96. The van der Waals surface area contributed by atoms with Crippen molar-refractivity contribution in [1.29, 1.82) is 0 Å². The molecule has 0 aliphatic rings. The van der Waals surface area contributed by atoms with Crippen molar-refractivity contribution in [2.75, 3.05) is 11.9 Å². The van der Waals surface area contributed by atoms with E-state index in [1.54, 1.807) is 6.92 Å². The Morgan fingerprint density at radius 3 is 2.27 bits per heavy atom. The third-order valence-corrected chi connectivity index (χ3v) is 6.14. The lowest BCUT2D eigenvalue weighted by atomic mass is 10.1. The van der Waals surface area contributed by atoms with Gasteiger partial charge >= 0.3 is 0 Å². The molecule has 2 aromatic carbocycles. The Morgan fingerprint density at radius 1 is 1.00 bits per heavy atom. The number of carbonyl (C=O) groups excluding carboxylic acids is 2. The average Bonchev–Trinajstić information content (AvgIpc) is 2.71. The van der Waals surface area contributed by atoms with Crippen LogP contribution in [0.3, 0.4) is 0 Å². The number of hydrogen-bond acceptors (Lipinski definition) is 5. The number of hydrogen-bond donors (Lipinski definition) is 4. The Balaban J connectivity index is 1.87. The zero-order valence-corrected chi connectivity index (χ0v) is 18.4. The van der Waals surface area contributed by atoms with Crippen molar-refractivity contribution in [3.8, 4) is 0 Å². The molecule has 0 heterocycles. The van der Waals surface area contributed by atoms with Crippen LogP contribution in [0, 0.1) is 13.8 Å². The van der Waals surface area contributed by atoms with Crippen LogP contribution >= 0.6 is 0 Å². The van der Waals surface area contributed by atoms with Crippen molar-refractivity contribution in [2.45, 2.75) is 45.1 Å². The molecular formula is C21H28N4O4S. The molecule has 4 N–H and O–H groups in total. The monoisotopic (exact) mass is 432 g/mol. The molecule has 2 aromatic rings. The third kappa shape index (κ3) is 6.57. The van der Waals surface area contributed by atoms with Crippen molar-refractivity contribution >= 4 is 27.5 Å². The smallest absolute Gasteiger partial charge is 0.269 e. The fourth-order valence-corrected chi connectivity index (χ4v) is 3.96. The second kappa shape index (κ2) is 10.2. The van der Waals surface area contributed by atoms with Gasteiger partial charge in [-0.05, 0) is 63.1 Å². The number of benzene rings is 2. The summed E-state index contributed by atoms with van der Waals surface area (Å²) >= 11 is 0.